The number of hydrogen-bond donors (Lipinski definition) is 3. The molecule has 1 aliphatic heterocycles. The predicted octanol–water partition coefficient (Wildman–Crippen LogP) is -0.770. The number of carbonyl (C=O) groups excluding carboxylic acids is 2. The number of nitrogen functional groups attached to an aromatic ring is 1. The second-order valence-corrected chi connectivity index (χ2v) is 4.00. The van der Waals surface area contributed by atoms with Gasteiger partial charge >= 0.3 is 0 Å². The van der Waals surface area contributed by atoms with Gasteiger partial charge in [0, 0.05) is 25.1 Å². The summed E-state index contributed by atoms with van der Waals surface area (Å²) >= 11 is 0. The van der Waals surface area contributed by atoms with Crippen molar-refractivity contribution < 1.29 is 9.59 Å². The molecule has 17 heavy (non-hydrogen) atoms. The summed E-state index contributed by atoms with van der Waals surface area (Å²) in [5.74, 6) is 0.311. The van der Waals surface area contributed by atoms with E-state index in [1.54, 1.807) is 11.1 Å². The van der Waals surface area contributed by atoms with Crippen molar-refractivity contribution in [2.45, 2.75) is 19.4 Å². The van der Waals surface area contributed by atoms with Crippen LogP contribution in [0.2, 0.25) is 0 Å². The van der Waals surface area contributed by atoms with Crippen molar-refractivity contribution in [3.8, 4) is 0 Å². The molecular formula is C10H15N5O2. The lowest BCUT2D eigenvalue weighted by atomic mass is 10.3. The highest BCUT2D eigenvalue weighted by atomic mass is 16.2. The van der Waals surface area contributed by atoms with Crippen LogP contribution in [0.5, 0.6) is 0 Å². The van der Waals surface area contributed by atoms with Crippen molar-refractivity contribution >= 4 is 17.6 Å². The Morgan fingerprint density at radius 1 is 1.65 bits per heavy atom. The molecule has 7 heteroatoms. The fourth-order valence-electron chi connectivity index (χ4n) is 1.76. The van der Waals surface area contributed by atoms with Gasteiger partial charge in [-0.1, -0.05) is 0 Å². The molecule has 0 spiro atoms. The normalized spacial score (nSPS) is 15.3. The molecule has 0 aliphatic carbocycles. The van der Waals surface area contributed by atoms with Crippen LogP contribution in [0.15, 0.2) is 6.20 Å². The van der Waals surface area contributed by atoms with Crippen LogP contribution in [0.4, 0.5) is 5.82 Å². The Morgan fingerprint density at radius 3 is 3.06 bits per heavy atom. The zero-order valence-corrected chi connectivity index (χ0v) is 9.40. The number of hydrogen-bond acceptors (Lipinski definition) is 4. The number of H-pyrrole nitrogens is 1. The lowest BCUT2D eigenvalue weighted by Crippen LogP contribution is -2.37. The summed E-state index contributed by atoms with van der Waals surface area (Å²) in [6, 6.07) is 0. The molecule has 1 aromatic heterocycles. The molecule has 1 aromatic rings. The Labute approximate surface area is 98.4 Å². The van der Waals surface area contributed by atoms with E-state index in [0.717, 1.165) is 12.0 Å². The van der Waals surface area contributed by atoms with E-state index in [0.29, 0.717) is 25.3 Å². The molecule has 2 rings (SSSR count). The van der Waals surface area contributed by atoms with Crippen LogP contribution in [0.1, 0.15) is 18.4 Å². The van der Waals surface area contributed by atoms with Crippen LogP contribution in [0.3, 0.4) is 0 Å². The van der Waals surface area contributed by atoms with Gasteiger partial charge < -0.3 is 16.0 Å². The van der Waals surface area contributed by atoms with Gasteiger partial charge in [-0.15, -0.1) is 0 Å². The number of carbonyl (C=O) groups is 2. The van der Waals surface area contributed by atoms with Crippen LogP contribution >= 0.6 is 0 Å². The highest BCUT2D eigenvalue weighted by Gasteiger charge is 2.22. The average molecular weight is 237 g/mol. The Morgan fingerprint density at radius 2 is 2.47 bits per heavy atom. The summed E-state index contributed by atoms with van der Waals surface area (Å²) in [5, 5.41) is 9.03. The summed E-state index contributed by atoms with van der Waals surface area (Å²) < 4.78 is 0. The molecule has 0 radical (unpaired) electrons. The molecule has 0 saturated carbocycles. The van der Waals surface area contributed by atoms with Gasteiger partial charge in [0.05, 0.1) is 12.7 Å². The molecule has 0 aromatic carbocycles. The molecule has 0 unspecified atom stereocenters. The minimum atomic E-state index is -0.180. The first-order valence-corrected chi connectivity index (χ1v) is 5.49. The Balaban J connectivity index is 1.78. The standard InChI is InChI=1S/C10H15N5O2/c11-10-7(5-13-14-10)4-12-8(16)6-15-3-1-2-9(15)17/h5H,1-4,6H2,(H,12,16)(H3,11,13,14). The predicted molar refractivity (Wildman–Crippen MR) is 60.7 cm³/mol. The van der Waals surface area contributed by atoms with E-state index < -0.39 is 0 Å². The quantitative estimate of drug-likeness (QED) is 0.639. The van der Waals surface area contributed by atoms with Gasteiger partial charge in [0.15, 0.2) is 0 Å². The molecule has 7 nitrogen and oxygen atoms in total. The van der Waals surface area contributed by atoms with Crippen LogP contribution < -0.4 is 11.1 Å². The number of nitrogens with zero attached hydrogens (tertiary/aromatic N) is 2. The lowest BCUT2D eigenvalue weighted by molar-refractivity contribution is -0.133. The van der Waals surface area contributed by atoms with Crippen LogP contribution in [0, 0.1) is 0 Å². The minimum absolute atomic E-state index is 0.0444. The lowest BCUT2D eigenvalue weighted by Gasteiger charge is -2.14. The van der Waals surface area contributed by atoms with Gasteiger partial charge in [-0.2, -0.15) is 5.10 Å². The number of nitrogens with two attached hydrogens (primary N) is 1. The Bertz CT molecular complexity index is 428. The van der Waals surface area contributed by atoms with E-state index in [2.05, 4.69) is 15.5 Å². The molecule has 0 bridgehead atoms. The zero-order chi connectivity index (χ0) is 12.3. The van der Waals surface area contributed by atoms with Crippen molar-refractivity contribution in [3.63, 3.8) is 0 Å². The number of anilines is 1. The van der Waals surface area contributed by atoms with Gasteiger partial charge in [0.25, 0.3) is 0 Å². The van der Waals surface area contributed by atoms with Gasteiger partial charge in [0.1, 0.15) is 5.82 Å². The van der Waals surface area contributed by atoms with Crippen molar-refractivity contribution in [2.24, 2.45) is 0 Å². The minimum Gasteiger partial charge on any atom is -0.384 e. The molecule has 4 N–H and O–H groups in total. The first kappa shape index (κ1) is 11.4. The molecule has 2 heterocycles. The van der Waals surface area contributed by atoms with E-state index >= 15 is 0 Å². The molecule has 2 amide bonds. The Kier molecular flexibility index (Phi) is 3.27. The molecular weight excluding hydrogens is 222 g/mol. The number of amides is 2. The monoisotopic (exact) mass is 237 g/mol. The second-order valence-electron chi connectivity index (χ2n) is 4.00. The topological polar surface area (TPSA) is 104 Å². The molecule has 92 valence electrons. The SMILES string of the molecule is Nc1[nH]ncc1CNC(=O)CN1CCCC1=O. The fraction of sp³-hybridized carbons (Fsp3) is 0.500. The third kappa shape index (κ3) is 2.74. The van der Waals surface area contributed by atoms with E-state index in [1.165, 1.54) is 0 Å². The maximum Gasteiger partial charge on any atom is 0.239 e. The summed E-state index contributed by atoms with van der Waals surface area (Å²) in [5.41, 5.74) is 6.32. The van der Waals surface area contributed by atoms with Gasteiger partial charge in [-0.05, 0) is 6.42 Å². The maximum absolute atomic E-state index is 11.6. The number of rotatable bonds is 4. The molecule has 1 saturated heterocycles. The maximum atomic E-state index is 11.6. The second kappa shape index (κ2) is 4.86. The highest BCUT2D eigenvalue weighted by Crippen LogP contribution is 2.09. The molecule has 1 aliphatic rings. The average Bonchev–Trinajstić information content (AvgIpc) is 2.86. The first-order chi connectivity index (χ1) is 8.16. The summed E-state index contributed by atoms with van der Waals surface area (Å²) in [7, 11) is 0. The van der Waals surface area contributed by atoms with Gasteiger partial charge in [0.2, 0.25) is 11.8 Å². The van der Waals surface area contributed by atoms with Crippen molar-refractivity contribution in [1.82, 2.24) is 20.4 Å². The third-order valence-corrected chi connectivity index (χ3v) is 2.73. The van der Waals surface area contributed by atoms with E-state index in [4.69, 9.17) is 5.73 Å². The van der Waals surface area contributed by atoms with Crippen molar-refractivity contribution in [3.05, 3.63) is 11.8 Å². The molecule has 1 fully saturated rings. The number of aromatic nitrogens is 2. The van der Waals surface area contributed by atoms with E-state index in [9.17, 15) is 9.59 Å². The third-order valence-electron chi connectivity index (χ3n) is 2.73. The number of nitrogens with one attached hydrogen (secondary N) is 2. The van der Waals surface area contributed by atoms with E-state index in [-0.39, 0.29) is 18.4 Å². The Hall–Kier alpha value is -2.05. The summed E-state index contributed by atoms with van der Waals surface area (Å²) in [6.07, 6.45) is 2.94. The van der Waals surface area contributed by atoms with Crippen LogP contribution in [-0.2, 0) is 16.1 Å². The number of aromatic amines is 1. The van der Waals surface area contributed by atoms with Gasteiger partial charge in [-0.25, -0.2) is 0 Å². The molecule has 0 atom stereocenters. The smallest absolute Gasteiger partial charge is 0.239 e. The van der Waals surface area contributed by atoms with Crippen LogP contribution in [-0.4, -0.2) is 40.0 Å². The largest absolute Gasteiger partial charge is 0.384 e. The van der Waals surface area contributed by atoms with Gasteiger partial charge in [-0.3, -0.25) is 14.7 Å². The summed E-state index contributed by atoms with van der Waals surface area (Å²) in [4.78, 5) is 24.4. The highest BCUT2D eigenvalue weighted by molar-refractivity contribution is 5.85. The van der Waals surface area contributed by atoms with Crippen molar-refractivity contribution in [2.75, 3.05) is 18.8 Å². The first-order valence-electron chi connectivity index (χ1n) is 5.49. The van der Waals surface area contributed by atoms with Crippen molar-refractivity contribution in [1.29, 1.82) is 0 Å². The zero-order valence-electron chi connectivity index (χ0n) is 9.40. The van der Waals surface area contributed by atoms with E-state index in [1.807, 2.05) is 0 Å². The summed E-state index contributed by atoms with van der Waals surface area (Å²) in [6.45, 7) is 1.11. The fourth-order valence-corrected chi connectivity index (χ4v) is 1.76. The van der Waals surface area contributed by atoms with Crippen LogP contribution in [0.25, 0.3) is 0 Å². The number of likely N-dealkylation sites (tertiary alicyclic amines) is 1.